The van der Waals surface area contributed by atoms with Crippen LogP contribution in [-0.4, -0.2) is 14.6 Å². The molecule has 1 aromatic carbocycles. The van der Waals surface area contributed by atoms with Crippen LogP contribution in [0.1, 0.15) is 31.1 Å². The minimum atomic E-state index is 0.483. The number of hydrogen-bond donors (Lipinski definition) is 0. The Kier molecular flexibility index (Phi) is 2.96. The Morgan fingerprint density at radius 2 is 1.90 bits per heavy atom. The second-order valence-electron chi connectivity index (χ2n) is 5.06. The summed E-state index contributed by atoms with van der Waals surface area (Å²) in [6.45, 7) is 0. The smallest absolute Gasteiger partial charge is 0.242 e. The Labute approximate surface area is 132 Å². The van der Waals surface area contributed by atoms with E-state index in [-0.39, 0.29) is 0 Å². The van der Waals surface area contributed by atoms with Crippen LogP contribution in [0.5, 0.6) is 0 Å². The lowest BCUT2D eigenvalue weighted by molar-refractivity contribution is 0.343. The highest BCUT2D eigenvalue weighted by atomic mass is 79.9. The molecule has 0 bridgehead atoms. The number of imidazole rings is 1. The molecule has 1 fully saturated rings. The molecule has 1 aliphatic rings. The molecule has 2 heterocycles. The summed E-state index contributed by atoms with van der Waals surface area (Å²) in [4.78, 5) is 4.42. The lowest BCUT2D eigenvalue weighted by atomic mass is 9.85. The summed E-state index contributed by atoms with van der Waals surface area (Å²) in [7, 11) is 0. The highest BCUT2D eigenvalue weighted by Gasteiger charge is 2.26. The summed E-state index contributed by atoms with van der Waals surface area (Å²) in [5, 5.41) is 4.59. The Bertz CT molecular complexity index is 769. The van der Waals surface area contributed by atoms with E-state index in [1.807, 2.05) is 18.2 Å². The zero-order chi connectivity index (χ0) is 13.7. The van der Waals surface area contributed by atoms with Gasteiger partial charge in [0.25, 0.3) is 0 Å². The number of aromatic nitrogens is 3. The van der Waals surface area contributed by atoms with Crippen LogP contribution in [0.15, 0.2) is 37.8 Å². The van der Waals surface area contributed by atoms with Crippen molar-refractivity contribution >= 4 is 37.6 Å². The molecular weight excluding hydrogens is 386 g/mol. The third kappa shape index (κ3) is 2.02. The van der Waals surface area contributed by atoms with Gasteiger partial charge >= 0.3 is 0 Å². The molecule has 20 heavy (non-hydrogen) atoms. The zero-order valence-corrected chi connectivity index (χ0v) is 13.7. The van der Waals surface area contributed by atoms with Gasteiger partial charge in [0, 0.05) is 20.4 Å². The first kappa shape index (κ1) is 12.6. The van der Waals surface area contributed by atoms with Crippen LogP contribution in [0.3, 0.4) is 0 Å². The summed E-state index contributed by atoms with van der Waals surface area (Å²) in [5.41, 5.74) is 1.71. The average molecular weight is 397 g/mol. The van der Waals surface area contributed by atoms with E-state index in [0.29, 0.717) is 11.6 Å². The van der Waals surface area contributed by atoms with Crippen molar-refractivity contribution in [3.63, 3.8) is 0 Å². The number of fused-ring (bicyclic) bond motifs is 1. The fourth-order valence-electron chi connectivity index (χ4n) is 2.42. The summed E-state index contributed by atoms with van der Waals surface area (Å²) in [6.07, 6.45) is 5.36. The van der Waals surface area contributed by atoms with Crippen LogP contribution in [0.2, 0.25) is 0 Å². The first-order valence-corrected chi connectivity index (χ1v) is 8.10. The molecule has 0 amide bonds. The lowest BCUT2D eigenvalue weighted by Gasteiger charge is -2.20. The molecule has 4 rings (SSSR count). The monoisotopic (exact) mass is 395 g/mol. The van der Waals surface area contributed by atoms with Crippen LogP contribution in [0.25, 0.3) is 17.1 Å². The number of nitrogens with zero attached hydrogens (tertiary/aromatic N) is 3. The maximum Gasteiger partial charge on any atom is 0.242 e. The fraction of sp³-hybridized carbons (Fsp3) is 0.286. The van der Waals surface area contributed by atoms with Crippen LogP contribution >= 0.6 is 31.9 Å². The van der Waals surface area contributed by atoms with E-state index in [0.717, 1.165) is 26.2 Å². The Hall–Kier alpha value is -1.14. The molecule has 102 valence electrons. The number of halogens is 2. The van der Waals surface area contributed by atoms with Crippen LogP contribution in [0.4, 0.5) is 0 Å². The predicted octanol–water partition coefficient (Wildman–Crippen LogP) is 4.78. The topological polar surface area (TPSA) is 43.3 Å². The molecule has 0 spiro atoms. The van der Waals surface area contributed by atoms with Gasteiger partial charge in [0.05, 0.1) is 6.20 Å². The van der Waals surface area contributed by atoms with E-state index in [9.17, 15) is 0 Å². The van der Waals surface area contributed by atoms with Crippen molar-refractivity contribution in [1.29, 1.82) is 0 Å². The summed E-state index contributed by atoms with van der Waals surface area (Å²) >= 11 is 7.00. The molecular formula is C14H11Br2N3O. The SMILES string of the molecule is Brc1cc(Br)cc(-c2ncc3oc(C4CCC4)nn23)c1. The minimum absolute atomic E-state index is 0.483. The first-order valence-electron chi connectivity index (χ1n) is 6.51. The predicted molar refractivity (Wildman–Crippen MR) is 82.7 cm³/mol. The second kappa shape index (κ2) is 4.70. The summed E-state index contributed by atoms with van der Waals surface area (Å²) < 4.78 is 9.60. The maximum atomic E-state index is 5.80. The molecule has 2 aromatic heterocycles. The minimum Gasteiger partial charge on any atom is -0.421 e. The second-order valence-corrected chi connectivity index (χ2v) is 6.89. The molecule has 4 nitrogen and oxygen atoms in total. The molecule has 0 unspecified atom stereocenters. The third-order valence-electron chi connectivity index (χ3n) is 3.69. The van der Waals surface area contributed by atoms with Crippen molar-refractivity contribution in [2.75, 3.05) is 0 Å². The van der Waals surface area contributed by atoms with Gasteiger partial charge in [-0.2, -0.15) is 4.52 Å². The zero-order valence-electron chi connectivity index (χ0n) is 10.5. The molecule has 0 saturated heterocycles. The van der Waals surface area contributed by atoms with Gasteiger partial charge in [-0.05, 0) is 31.0 Å². The van der Waals surface area contributed by atoms with Gasteiger partial charge in [0.1, 0.15) is 0 Å². The lowest BCUT2D eigenvalue weighted by Crippen LogP contribution is -2.09. The fourth-order valence-corrected chi connectivity index (χ4v) is 3.72. The van der Waals surface area contributed by atoms with Crippen molar-refractivity contribution in [2.24, 2.45) is 0 Å². The summed E-state index contributed by atoms with van der Waals surface area (Å²) in [6, 6.07) is 6.05. The molecule has 6 heteroatoms. The van der Waals surface area contributed by atoms with Crippen molar-refractivity contribution in [2.45, 2.75) is 25.2 Å². The van der Waals surface area contributed by atoms with Crippen LogP contribution < -0.4 is 0 Å². The molecule has 0 aliphatic heterocycles. The normalized spacial score (nSPS) is 15.7. The standard InChI is InChI=1S/C14H11Br2N3O/c15-10-4-9(5-11(16)6-10)13-17-7-12-19(13)18-14(20-12)8-2-1-3-8/h4-8H,1-3H2. The molecule has 3 aromatic rings. The number of rotatable bonds is 2. The average Bonchev–Trinajstić information content (AvgIpc) is 2.84. The van der Waals surface area contributed by atoms with E-state index in [1.165, 1.54) is 19.3 Å². The Morgan fingerprint density at radius 1 is 1.15 bits per heavy atom. The largest absolute Gasteiger partial charge is 0.421 e. The highest BCUT2D eigenvalue weighted by molar-refractivity contribution is 9.11. The van der Waals surface area contributed by atoms with Gasteiger partial charge < -0.3 is 4.42 Å². The molecule has 0 N–H and O–H groups in total. The van der Waals surface area contributed by atoms with Crippen molar-refractivity contribution < 1.29 is 4.42 Å². The van der Waals surface area contributed by atoms with Gasteiger partial charge in [-0.1, -0.05) is 38.3 Å². The van der Waals surface area contributed by atoms with Gasteiger partial charge in [-0.3, -0.25) is 0 Å². The van der Waals surface area contributed by atoms with E-state index in [4.69, 9.17) is 4.42 Å². The van der Waals surface area contributed by atoms with Crippen molar-refractivity contribution in [3.8, 4) is 11.4 Å². The van der Waals surface area contributed by atoms with Crippen LogP contribution in [0, 0.1) is 0 Å². The maximum absolute atomic E-state index is 5.80. The highest BCUT2D eigenvalue weighted by Crippen LogP contribution is 2.36. The third-order valence-corrected chi connectivity index (χ3v) is 4.61. The molecule has 1 saturated carbocycles. The number of hydrogen-bond acceptors (Lipinski definition) is 3. The molecule has 0 atom stereocenters. The van der Waals surface area contributed by atoms with Gasteiger partial charge in [-0.15, -0.1) is 5.10 Å². The van der Waals surface area contributed by atoms with Gasteiger partial charge in [0.2, 0.25) is 11.6 Å². The Morgan fingerprint density at radius 3 is 2.55 bits per heavy atom. The Balaban J connectivity index is 1.84. The quantitative estimate of drug-likeness (QED) is 0.625. The van der Waals surface area contributed by atoms with Crippen molar-refractivity contribution in [3.05, 3.63) is 39.2 Å². The van der Waals surface area contributed by atoms with E-state index in [1.54, 1.807) is 10.7 Å². The van der Waals surface area contributed by atoms with Gasteiger partial charge in [-0.25, -0.2) is 4.98 Å². The van der Waals surface area contributed by atoms with E-state index >= 15 is 0 Å². The van der Waals surface area contributed by atoms with Gasteiger partial charge in [0.15, 0.2) is 5.82 Å². The molecule has 0 radical (unpaired) electrons. The van der Waals surface area contributed by atoms with Crippen molar-refractivity contribution in [1.82, 2.24) is 14.6 Å². The van der Waals surface area contributed by atoms with E-state index in [2.05, 4.69) is 41.9 Å². The first-order chi connectivity index (χ1) is 9.70. The summed E-state index contributed by atoms with van der Waals surface area (Å²) in [5.74, 6) is 2.12. The van der Waals surface area contributed by atoms with E-state index < -0.39 is 0 Å². The number of benzene rings is 1. The molecule has 1 aliphatic carbocycles. The van der Waals surface area contributed by atoms with Crippen LogP contribution in [-0.2, 0) is 0 Å².